The van der Waals surface area contributed by atoms with Gasteiger partial charge in [0.2, 0.25) is 0 Å². The van der Waals surface area contributed by atoms with Crippen LogP contribution in [0, 0.1) is 5.92 Å². The first kappa shape index (κ1) is 12.0. The minimum atomic E-state index is -0.253. The molecule has 0 aromatic carbocycles. The third-order valence-electron chi connectivity index (χ3n) is 3.36. The topological polar surface area (TPSA) is 40.5 Å². The summed E-state index contributed by atoms with van der Waals surface area (Å²) in [5, 5.41) is 19.1. The van der Waals surface area contributed by atoms with Gasteiger partial charge >= 0.3 is 0 Å². The molecule has 2 heteroatoms. The molecule has 0 amide bonds. The minimum absolute atomic E-state index is 0.250. The monoisotopic (exact) mass is 200 g/mol. The molecule has 2 nitrogen and oxygen atoms in total. The van der Waals surface area contributed by atoms with E-state index in [9.17, 15) is 10.2 Å². The summed E-state index contributed by atoms with van der Waals surface area (Å²) in [5.41, 5.74) is 0. The van der Waals surface area contributed by atoms with Crippen molar-refractivity contribution in [1.29, 1.82) is 0 Å². The quantitative estimate of drug-likeness (QED) is 0.669. The second kappa shape index (κ2) is 6.41. The molecule has 1 aliphatic carbocycles. The zero-order valence-electron chi connectivity index (χ0n) is 9.28. The molecule has 3 atom stereocenters. The molecule has 0 spiro atoms. The first-order chi connectivity index (χ1) is 6.74. The molecule has 1 fully saturated rings. The second-order valence-corrected chi connectivity index (χ2v) is 4.64. The summed E-state index contributed by atoms with van der Waals surface area (Å²) in [5.74, 6) is 0.454. The average molecular weight is 200 g/mol. The van der Waals surface area contributed by atoms with Crippen molar-refractivity contribution in [2.24, 2.45) is 5.92 Å². The van der Waals surface area contributed by atoms with Crippen molar-refractivity contribution >= 4 is 0 Å². The third-order valence-corrected chi connectivity index (χ3v) is 3.36. The van der Waals surface area contributed by atoms with Crippen LogP contribution in [0.4, 0.5) is 0 Å². The van der Waals surface area contributed by atoms with Crippen LogP contribution >= 0.6 is 0 Å². The van der Waals surface area contributed by atoms with Crippen molar-refractivity contribution in [3.8, 4) is 0 Å². The molecule has 1 aliphatic rings. The van der Waals surface area contributed by atoms with E-state index in [1.807, 2.05) is 0 Å². The number of rotatable bonds is 5. The summed E-state index contributed by atoms with van der Waals surface area (Å²) in [6.07, 6.45) is 8.25. The maximum Gasteiger partial charge on any atom is 0.0593 e. The Bertz CT molecular complexity index is 147. The largest absolute Gasteiger partial charge is 0.393 e. The number of hydrogen-bond acceptors (Lipinski definition) is 2. The van der Waals surface area contributed by atoms with Gasteiger partial charge in [-0.1, -0.05) is 32.6 Å². The number of hydrogen-bond donors (Lipinski definition) is 2. The van der Waals surface area contributed by atoms with Gasteiger partial charge in [0.25, 0.3) is 0 Å². The van der Waals surface area contributed by atoms with Crippen LogP contribution in [0.25, 0.3) is 0 Å². The van der Waals surface area contributed by atoms with Gasteiger partial charge in [-0.3, -0.25) is 0 Å². The van der Waals surface area contributed by atoms with Crippen LogP contribution in [0.3, 0.4) is 0 Å². The lowest BCUT2D eigenvalue weighted by Crippen LogP contribution is -2.31. The Hall–Kier alpha value is -0.0800. The Labute approximate surface area is 87.3 Å². The normalized spacial score (nSPS) is 33.2. The van der Waals surface area contributed by atoms with Gasteiger partial charge in [-0.25, -0.2) is 0 Å². The van der Waals surface area contributed by atoms with E-state index in [2.05, 4.69) is 6.92 Å². The van der Waals surface area contributed by atoms with Gasteiger partial charge in [0.15, 0.2) is 0 Å². The average Bonchev–Trinajstić information content (AvgIpc) is 2.15. The highest BCUT2D eigenvalue weighted by atomic mass is 16.3. The van der Waals surface area contributed by atoms with Crippen LogP contribution < -0.4 is 0 Å². The van der Waals surface area contributed by atoms with Crippen LogP contribution in [0.1, 0.15) is 58.3 Å². The van der Waals surface area contributed by atoms with E-state index in [0.717, 1.165) is 19.3 Å². The molecule has 14 heavy (non-hydrogen) atoms. The van der Waals surface area contributed by atoms with Crippen LogP contribution in [0.2, 0.25) is 0 Å². The molecule has 0 aromatic rings. The first-order valence-electron chi connectivity index (χ1n) is 6.10. The summed E-state index contributed by atoms with van der Waals surface area (Å²) in [6, 6.07) is 0. The van der Waals surface area contributed by atoms with Crippen molar-refractivity contribution in [3.05, 3.63) is 0 Å². The Morgan fingerprint density at radius 1 is 1.07 bits per heavy atom. The lowest BCUT2D eigenvalue weighted by Gasteiger charge is -2.30. The SMILES string of the molecule is CCCCCCC1CCC(O)C[C@H]1O. The highest BCUT2D eigenvalue weighted by molar-refractivity contribution is 4.79. The fourth-order valence-electron chi connectivity index (χ4n) is 2.36. The van der Waals surface area contributed by atoms with E-state index in [0.29, 0.717) is 12.3 Å². The molecule has 2 unspecified atom stereocenters. The van der Waals surface area contributed by atoms with Crippen molar-refractivity contribution in [3.63, 3.8) is 0 Å². The fourth-order valence-corrected chi connectivity index (χ4v) is 2.36. The number of aliphatic hydroxyl groups excluding tert-OH is 2. The Morgan fingerprint density at radius 3 is 2.50 bits per heavy atom. The van der Waals surface area contributed by atoms with Crippen LogP contribution in [0.5, 0.6) is 0 Å². The first-order valence-corrected chi connectivity index (χ1v) is 6.10. The molecule has 0 aromatic heterocycles. The van der Waals surface area contributed by atoms with E-state index in [4.69, 9.17) is 0 Å². The van der Waals surface area contributed by atoms with Gasteiger partial charge in [-0.2, -0.15) is 0 Å². The highest BCUT2D eigenvalue weighted by Gasteiger charge is 2.27. The summed E-state index contributed by atoms with van der Waals surface area (Å²) in [4.78, 5) is 0. The van der Waals surface area contributed by atoms with Crippen molar-refractivity contribution < 1.29 is 10.2 Å². The zero-order valence-corrected chi connectivity index (χ0v) is 9.28. The predicted molar refractivity (Wildman–Crippen MR) is 58.1 cm³/mol. The van der Waals surface area contributed by atoms with E-state index in [-0.39, 0.29) is 12.2 Å². The van der Waals surface area contributed by atoms with Gasteiger partial charge < -0.3 is 10.2 Å². The summed E-state index contributed by atoms with van der Waals surface area (Å²) in [6.45, 7) is 2.21. The third kappa shape index (κ3) is 3.97. The number of unbranched alkanes of at least 4 members (excludes halogenated alkanes) is 3. The molecule has 1 rings (SSSR count). The zero-order chi connectivity index (χ0) is 10.4. The van der Waals surface area contributed by atoms with Gasteiger partial charge in [0.1, 0.15) is 0 Å². The Balaban J connectivity index is 2.11. The van der Waals surface area contributed by atoms with E-state index in [1.54, 1.807) is 0 Å². The summed E-state index contributed by atoms with van der Waals surface area (Å²) >= 11 is 0. The van der Waals surface area contributed by atoms with Gasteiger partial charge in [-0.05, 0) is 31.6 Å². The smallest absolute Gasteiger partial charge is 0.0593 e. The molecular formula is C12H24O2. The molecule has 2 N–H and O–H groups in total. The summed E-state index contributed by atoms with van der Waals surface area (Å²) < 4.78 is 0. The van der Waals surface area contributed by atoms with Crippen molar-refractivity contribution in [2.45, 2.75) is 70.5 Å². The fraction of sp³-hybridized carbons (Fsp3) is 1.00. The Kier molecular flexibility index (Phi) is 5.49. The Morgan fingerprint density at radius 2 is 1.86 bits per heavy atom. The van der Waals surface area contributed by atoms with Crippen LogP contribution in [0.15, 0.2) is 0 Å². The molecule has 0 heterocycles. The van der Waals surface area contributed by atoms with Gasteiger partial charge in [0.05, 0.1) is 12.2 Å². The molecule has 0 aliphatic heterocycles. The lowest BCUT2D eigenvalue weighted by atomic mass is 9.82. The second-order valence-electron chi connectivity index (χ2n) is 4.64. The van der Waals surface area contributed by atoms with Crippen molar-refractivity contribution in [1.82, 2.24) is 0 Å². The highest BCUT2D eigenvalue weighted by Crippen LogP contribution is 2.28. The standard InChI is InChI=1S/C12H24O2/c1-2-3-4-5-6-10-7-8-11(13)9-12(10)14/h10-14H,2-9H2,1H3/t10?,11?,12-/m1/s1. The molecule has 84 valence electrons. The molecule has 0 bridgehead atoms. The molecular weight excluding hydrogens is 176 g/mol. The molecule has 0 saturated heterocycles. The number of aliphatic hydroxyl groups is 2. The van der Waals surface area contributed by atoms with E-state index >= 15 is 0 Å². The summed E-state index contributed by atoms with van der Waals surface area (Å²) in [7, 11) is 0. The maximum absolute atomic E-state index is 9.74. The minimum Gasteiger partial charge on any atom is -0.393 e. The maximum atomic E-state index is 9.74. The lowest BCUT2D eigenvalue weighted by molar-refractivity contribution is -0.00227. The van der Waals surface area contributed by atoms with E-state index < -0.39 is 0 Å². The van der Waals surface area contributed by atoms with Crippen molar-refractivity contribution in [2.75, 3.05) is 0 Å². The van der Waals surface area contributed by atoms with E-state index in [1.165, 1.54) is 25.7 Å². The van der Waals surface area contributed by atoms with Crippen LogP contribution in [-0.2, 0) is 0 Å². The molecule has 0 radical (unpaired) electrons. The molecule has 1 saturated carbocycles. The van der Waals surface area contributed by atoms with Gasteiger partial charge in [0, 0.05) is 0 Å². The van der Waals surface area contributed by atoms with Gasteiger partial charge in [-0.15, -0.1) is 0 Å². The predicted octanol–water partition coefficient (Wildman–Crippen LogP) is 2.48. The van der Waals surface area contributed by atoms with Crippen LogP contribution in [-0.4, -0.2) is 22.4 Å².